The zero-order valence-electron chi connectivity index (χ0n) is 13.1. The Morgan fingerprint density at radius 2 is 1.79 bits per heavy atom. The minimum absolute atomic E-state index is 0.0230. The third kappa shape index (κ3) is 3.78. The Kier molecular flexibility index (Phi) is 5.66. The summed E-state index contributed by atoms with van der Waals surface area (Å²) in [4.78, 5) is 10.2. The molecule has 7 nitrogen and oxygen atoms in total. The summed E-state index contributed by atoms with van der Waals surface area (Å²) in [5, 5.41) is 20.5. The number of sulfonamides is 1. The third-order valence-corrected chi connectivity index (χ3v) is 5.58. The van der Waals surface area contributed by atoms with Crippen molar-refractivity contribution < 1.29 is 18.4 Å². The number of nitrogens with zero attached hydrogens (tertiary/aromatic N) is 2. The molecule has 0 aliphatic carbocycles. The number of hydrogen-bond acceptors (Lipinski definition) is 5. The molecule has 0 amide bonds. The van der Waals surface area contributed by atoms with E-state index in [1.165, 1.54) is 25.1 Å². The molecule has 0 heterocycles. The molecule has 0 unspecified atom stereocenters. The number of benzene rings is 2. The Labute approximate surface area is 140 Å². The topological polar surface area (TPSA) is 101 Å². The molecule has 0 atom stereocenters. The summed E-state index contributed by atoms with van der Waals surface area (Å²) in [6.45, 7) is 1.00. The van der Waals surface area contributed by atoms with Gasteiger partial charge in [-0.2, -0.15) is 4.31 Å². The lowest BCUT2D eigenvalue weighted by molar-refractivity contribution is -0.387. The van der Waals surface area contributed by atoms with Gasteiger partial charge in [0.05, 0.1) is 11.5 Å². The molecule has 0 spiro atoms. The van der Waals surface area contributed by atoms with Crippen LogP contribution in [0.3, 0.4) is 0 Å². The second-order valence-corrected chi connectivity index (χ2v) is 7.10. The van der Waals surface area contributed by atoms with Gasteiger partial charge in [0.1, 0.15) is 0 Å². The van der Waals surface area contributed by atoms with Crippen molar-refractivity contribution in [3.05, 3.63) is 69.8 Å². The maximum Gasteiger partial charge on any atom is 0.289 e. The fourth-order valence-corrected chi connectivity index (χ4v) is 4.21. The summed E-state index contributed by atoms with van der Waals surface area (Å²) in [6, 6.07) is 13.0. The lowest BCUT2D eigenvalue weighted by Gasteiger charge is -2.22. The fraction of sp³-hybridized carbons (Fsp3) is 0.250. The Balaban J connectivity index is 2.52. The van der Waals surface area contributed by atoms with Crippen molar-refractivity contribution in [3.63, 3.8) is 0 Å². The van der Waals surface area contributed by atoms with Gasteiger partial charge in [-0.3, -0.25) is 10.1 Å². The highest BCUT2D eigenvalue weighted by Crippen LogP contribution is 2.30. The van der Waals surface area contributed by atoms with Crippen LogP contribution in [0.25, 0.3) is 0 Å². The molecule has 0 saturated carbocycles. The van der Waals surface area contributed by atoms with Crippen molar-refractivity contribution in [2.75, 3.05) is 13.2 Å². The van der Waals surface area contributed by atoms with Gasteiger partial charge in [0.15, 0.2) is 4.90 Å². The third-order valence-electron chi connectivity index (χ3n) is 3.54. The summed E-state index contributed by atoms with van der Waals surface area (Å²) in [5.74, 6) is 0. The Morgan fingerprint density at radius 3 is 2.38 bits per heavy atom. The highest BCUT2D eigenvalue weighted by atomic mass is 32.2. The van der Waals surface area contributed by atoms with Crippen LogP contribution >= 0.6 is 0 Å². The van der Waals surface area contributed by atoms with E-state index in [0.717, 1.165) is 9.87 Å². The normalized spacial score (nSPS) is 11.6. The van der Waals surface area contributed by atoms with E-state index in [2.05, 4.69) is 0 Å². The first-order valence-corrected chi connectivity index (χ1v) is 8.71. The molecule has 0 bridgehead atoms. The monoisotopic (exact) mass is 350 g/mol. The molecule has 0 aliphatic rings. The Morgan fingerprint density at radius 1 is 1.12 bits per heavy atom. The van der Waals surface area contributed by atoms with Crippen LogP contribution in [0.4, 0.5) is 5.69 Å². The van der Waals surface area contributed by atoms with Gasteiger partial charge >= 0.3 is 0 Å². The zero-order chi connectivity index (χ0) is 17.7. The number of nitro benzene ring substituents is 1. The maximum absolute atomic E-state index is 13.0. The molecule has 0 aromatic heterocycles. The summed E-state index contributed by atoms with van der Waals surface area (Å²) in [6.07, 6.45) is 0. The van der Waals surface area contributed by atoms with E-state index in [0.29, 0.717) is 5.56 Å². The molecule has 0 aliphatic heterocycles. The van der Waals surface area contributed by atoms with Gasteiger partial charge in [-0.1, -0.05) is 42.5 Å². The first-order valence-electron chi connectivity index (χ1n) is 7.27. The highest BCUT2D eigenvalue weighted by Gasteiger charge is 2.33. The number of aliphatic hydroxyl groups is 1. The molecule has 2 aromatic carbocycles. The van der Waals surface area contributed by atoms with Crippen LogP contribution in [0, 0.1) is 17.0 Å². The molecular formula is C16H18N2O5S. The van der Waals surface area contributed by atoms with Gasteiger partial charge in [-0.05, 0) is 18.1 Å². The van der Waals surface area contributed by atoms with Crippen molar-refractivity contribution >= 4 is 15.7 Å². The van der Waals surface area contributed by atoms with E-state index < -0.39 is 20.6 Å². The molecule has 2 rings (SSSR count). The van der Waals surface area contributed by atoms with Crippen molar-refractivity contribution in [3.8, 4) is 0 Å². The molecule has 0 fully saturated rings. The summed E-state index contributed by atoms with van der Waals surface area (Å²) in [7, 11) is -4.14. The number of hydrogen-bond donors (Lipinski definition) is 1. The lowest BCUT2D eigenvalue weighted by atomic mass is 10.2. The van der Waals surface area contributed by atoms with E-state index in [1.54, 1.807) is 30.3 Å². The predicted octanol–water partition coefficient (Wildman–Crippen LogP) is 2.09. The summed E-state index contributed by atoms with van der Waals surface area (Å²) < 4.78 is 27.0. The molecule has 0 saturated heterocycles. The van der Waals surface area contributed by atoms with Gasteiger partial charge in [-0.15, -0.1) is 0 Å². The van der Waals surface area contributed by atoms with Crippen LogP contribution in [0.15, 0.2) is 53.4 Å². The maximum atomic E-state index is 13.0. The van der Waals surface area contributed by atoms with Crippen LogP contribution in [0.5, 0.6) is 0 Å². The number of aryl methyl sites for hydroxylation is 1. The Hall–Kier alpha value is -2.29. The standard InChI is InChI=1S/C16H18N2O5S/c1-13-6-5-9-15(18(20)21)16(13)24(22,23)17(10-11-19)12-14-7-3-2-4-8-14/h2-9,19H,10-12H2,1H3. The van der Waals surface area contributed by atoms with Gasteiger partial charge in [0.2, 0.25) is 0 Å². The quantitative estimate of drug-likeness (QED) is 0.609. The second-order valence-electron chi connectivity index (χ2n) is 5.23. The minimum Gasteiger partial charge on any atom is -0.395 e. The van der Waals surface area contributed by atoms with E-state index in [-0.39, 0.29) is 24.6 Å². The number of aliphatic hydroxyl groups excluding tert-OH is 1. The molecule has 128 valence electrons. The van der Waals surface area contributed by atoms with Crippen LogP contribution in [-0.2, 0) is 16.6 Å². The molecular weight excluding hydrogens is 332 g/mol. The van der Waals surface area contributed by atoms with Gasteiger partial charge < -0.3 is 5.11 Å². The SMILES string of the molecule is Cc1cccc([N+](=O)[O-])c1S(=O)(=O)N(CCO)Cc1ccccc1. The zero-order valence-corrected chi connectivity index (χ0v) is 13.9. The average molecular weight is 350 g/mol. The van der Waals surface area contributed by atoms with Gasteiger partial charge in [0, 0.05) is 19.2 Å². The first-order chi connectivity index (χ1) is 11.4. The van der Waals surface area contributed by atoms with Crippen molar-refractivity contribution in [2.45, 2.75) is 18.4 Å². The minimum atomic E-state index is -4.14. The van der Waals surface area contributed by atoms with Crippen molar-refractivity contribution in [1.29, 1.82) is 0 Å². The first kappa shape index (κ1) is 18.1. The van der Waals surface area contributed by atoms with E-state index in [1.807, 2.05) is 0 Å². The van der Waals surface area contributed by atoms with Crippen LogP contribution < -0.4 is 0 Å². The van der Waals surface area contributed by atoms with Crippen LogP contribution in [-0.4, -0.2) is 35.9 Å². The predicted molar refractivity (Wildman–Crippen MR) is 89.0 cm³/mol. The molecule has 1 N–H and O–H groups in total. The average Bonchev–Trinajstić information content (AvgIpc) is 2.55. The number of nitro groups is 1. The summed E-state index contributed by atoms with van der Waals surface area (Å²) in [5.41, 5.74) is 0.553. The molecule has 2 aromatic rings. The Bertz CT molecular complexity index is 822. The number of rotatable bonds is 7. The van der Waals surface area contributed by atoms with Gasteiger partial charge in [-0.25, -0.2) is 8.42 Å². The van der Waals surface area contributed by atoms with E-state index >= 15 is 0 Å². The van der Waals surface area contributed by atoms with Crippen LogP contribution in [0.1, 0.15) is 11.1 Å². The van der Waals surface area contributed by atoms with E-state index in [9.17, 15) is 23.6 Å². The van der Waals surface area contributed by atoms with Gasteiger partial charge in [0.25, 0.3) is 15.7 Å². The lowest BCUT2D eigenvalue weighted by Crippen LogP contribution is -2.34. The highest BCUT2D eigenvalue weighted by molar-refractivity contribution is 7.89. The fourth-order valence-electron chi connectivity index (χ4n) is 2.43. The largest absolute Gasteiger partial charge is 0.395 e. The van der Waals surface area contributed by atoms with Crippen molar-refractivity contribution in [1.82, 2.24) is 4.31 Å². The van der Waals surface area contributed by atoms with Crippen LogP contribution in [0.2, 0.25) is 0 Å². The van der Waals surface area contributed by atoms with Crippen molar-refractivity contribution in [2.24, 2.45) is 0 Å². The second kappa shape index (κ2) is 7.52. The molecule has 8 heteroatoms. The molecule has 0 radical (unpaired) electrons. The van der Waals surface area contributed by atoms with E-state index in [4.69, 9.17) is 0 Å². The molecule has 24 heavy (non-hydrogen) atoms. The summed E-state index contributed by atoms with van der Waals surface area (Å²) >= 11 is 0. The smallest absolute Gasteiger partial charge is 0.289 e.